The number of ether oxygens (including phenoxy) is 1. The monoisotopic (exact) mass is 266 g/mol. The first-order chi connectivity index (χ1) is 8.90. The second kappa shape index (κ2) is 7.28. The van der Waals surface area contributed by atoms with E-state index >= 15 is 0 Å². The summed E-state index contributed by atoms with van der Waals surface area (Å²) in [4.78, 5) is 10.4. The SMILES string of the molecule is CC(C)Oc1cc(N(C)CCC(N)C(C)C)ncn1. The number of anilines is 1. The second-order valence-corrected chi connectivity index (χ2v) is 5.50. The quantitative estimate of drug-likeness (QED) is 0.818. The highest BCUT2D eigenvalue weighted by molar-refractivity contribution is 5.39. The Hall–Kier alpha value is -1.36. The lowest BCUT2D eigenvalue weighted by atomic mass is 10.0. The molecule has 0 fully saturated rings. The first kappa shape index (κ1) is 15.7. The molecule has 1 unspecified atom stereocenters. The van der Waals surface area contributed by atoms with Gasteiger partial charge in [-0.2, -0.15) is 0 Å². The Labute approximate surface area is 116 Å². The first-order valence-corrected chi connectivity index (χ1v) is 6.85. The van der Waals surface area contributed by atoms with Gasteiger partial charge in [0.05, 0.1) is 6.10 Å². The van der Waals surface area contributed by atoms with Gasteiger partial charge in [0.2, 0.25) is 5.88 Å². The number of nitrogens with zero attached hydrogens (tertiary/aromatic N) is 3. The molecule has 0 saturated carbocycles. The van der Waals surface area contributed by atoms with Crippen LogP contribution in [0.15, 0.2) is 12.4 Å². The molecule has 1 aromatic heterocycles. The topological polar surface area (TPSA) is 64.3 Å². The molecule has 0 aliphatic rings. The van der Waals surface area contributed by atoms with Gasteiger partial charge in [-0.1, -0.05) is 13.8 Å². The minimum absolute atomic E-state index is 0.113. The van der Waals surface area contributed by atoms with Crippen LogP contribution in [0, 0.1) is 5.92 Å². The molecule has 1 aromatic rings. The molecule has 0 bridgehead atoms. The number of hydrogen-bond donors (Lipinski definition) is 1. The summed E-state index contributed by atoms with van der Waals surface area (Å²) < 4.78 is 5.57. The smallest absolute Gasteiger partial charge is 0.218 e. The van der Waals surface area contributed by atoms with Crippen LogP contribution in [0.4, 0.5) is 5.82 Å². The van der Waals surface area contributed by atoms with Crippen molar-refractivity contribution in [2.75, 3.05) is 18.5 Å². The van der Waals surface area contributed by atoms with Crippen molar-refractivity contribution in [1.82, 2.24) is 9.97 Å². The first-order valence-electron chi connectivity index (χ1n) is 6.85. The van der Waals surface area contributed by atoms with Gasteiger partial charge in [-0.05, 0) is 26.2 Å². The van der Waals surface area contributed by atoms with E-state index in [1.807, 2.05) is 27.0 Å². The summed E-state index contributed by atoms with van der Waals surface area (Å²) in [7, 11) is 2.01. The molecule has 0 aliphatic carbocycles. The van der Waals surface area contributed by atoms with E-state index in [9.17, 15) is 0 Å². The Bertz CT molecular complexity index is 381. The largest absolute Gasteiger partial charge is 0.475 e. The fourth-order valence-electron chi connectivity index (χ4n) is 1.64. The lowest BCUT2D eigenvalue weighted by Crippen LogP contribution is -2.32. The van der Waals surface area contributed by atoms with Gasteiger partial charge in [0.15, 0.2) is 0 Å². The molecule has 0 aliphatic heterocycles. The van der Waals surface area contributed by atoms with Gasteiger partial charge in [0, 0.05) is 25.7 Å². The van der Waals surface area contributed by atoms with Crippen LogP contribution in [0.25, 0.3) is 0 Å². The van der Waals surface area contributed by atoms with E-state index < -0.39 is 0 Å². The third-order valence-corrected chi connectivity index (χ3v) is 3.03. The van der Waals surface area contributed by atoms with Crippen molar-refractivity contribution in [3.8, 4) is 5.88 Å². The van der Waals surface area contributed by atoms with Crippen molar-refractivity contribution in [3.05, 3.63) is 12.4 Å². The van der Waals surface area contributed by atoms with Crippen LogP contribution in [0.1, 0.15) is 34.1 Å². The maximum atomic E-state index is 6.05. The molecule has 1 rings (SSSR count). The molecule has 0 saturated heterocycles. The zero-order valence-electron chi connectivity index (χ0n) is 12.6. The average Bonchev–Trinajstić information content (AvgIpc) is 2.34. The van der Waals surface area contributed by atoms with Crippen molar-refractivity contribution in [3.63, 3.8) is 0 Å². The van der Waals surface area contributed by atoms with Crippen LogP contribution < -0.4 is 15.4 Å². The Morgan fingerprint density at radius 3 is 2.53 bits per heavy atom. The van der Waals surface area contributed by atoms with E-state index in [1.54, 1.807) is 0 Å². The molecule has 1 heterocycles. The molecule has 5 nitrogen and oxygen atoms in total. The molecule has 108 valence electrons. The lowest BCUT2D eigenvalue weighted by Gasteiger charge is -2.22. The summed E-state index contributed by atoms with van der Waals surface area (Å²) in [6.07, 6.45) is 2.59. The third kappa shape index (κ3) is 5.42. The summed E-state index contributed by atoms with van der Waals surface area (Å²) in [5, 5.41) is 0. The zero-order chi connectivity index (χ0) is 14.4. The highest BCUT2D eigenvalue weighted by Gasteiger charge is 2.11. The van der Waals surface area contributed by atoms with Crippen LogP contribution in [-0.4, -0.2) is 35.7 Å². The molecule has 1 atom stereocenters. The van der Waals surface area contributed by atoms with E-state index in [4.69, 9.17) is 10.5 Å². The normalized spacial score (nSPS) is 12.8. The van der Waals surface area contributed by atoms with Gasteiger partial charge in [0.1, 0.15) is 12.1 Å². The predicted molar refractivity (Wildman–Crippen MR) is 78.5 cm³/mol. The van der Waals surface area contributed by atoms with E-state index in [0.29, 0.717) is 11.8 Å². The molecule has 5 heteroatoms. The van der Waals surface area contributed by atoms with Crippen LogP contribution in [0.3, 0.4) is 0 Å². The minimum atomic E-state index is 0.113. The summed E-state index contributed by atoms with van der Waals surface area (Å²) in [6, 6.07) is 2.08. The highest BCUT2D eigenvalue weighted by Crippen LogP contribution is 2.16. The summed E-state index contributed by atoms with van der Waals surface area (Å²) in [6.45, 7) is 9.12. The highest BCUT2D eigenvalue weighted by atomic mass is 16.5. The fraction of sp³-hybridized carbons (Fsp3) is 0.714. The molecule has 2 N–H and O–H groups in total. The van der Waals surface area contributed by atoms with E-state index in [-0.39, 0.29) is 12.1 Å². The maximum Gasteiger partial charge on any atom is 0.218 e. The van der Waals surface area contributed by atoms with Gasteiger partial charge < -0.3 is 15.4 Å². The third-order valence-electron chi connectivity index (χ3n) is 3.03. The van der Waals surface area contributed by atoms with Gasteiger partial charge in [-0.25, -0.2) is 9.97 Å². The molecule has 0 aromatic carbocycles. The number of nitrogens with two attached hydrogens (primary N) is 1. The van der Waals surface area contributed by atoms with E-state index in [2.05, 4.69) is 28.7 Å². The summed E-state index contributed by atoms with van der Waals surface area (Å²) in [5.74, 6) is 1.97. The Balaban J connectivity index is 2.59. The summed E-state index contributed by atoms with van der Waals surface area (Å²) in [5.41, 5.74) is 6.05. The molecule has 19 heavy (non-hydrogen) atoms. The number of rotatable bonds is 7. The van der Waals surface area contributed by atoms with Crippen LogP contribution in [-0.2, 0) is 0 Å². The molecule has 0 spiro atoms. The van der Waals surface area contributed by atoms with Crippen LogP contribution in [0.5, 0.6) is 5.88 Å². The Morgan fingerprint density at radius 1 is 1.26 bits per heavy atom. The van der Waals surface area contributed by atoms with Gasteiger partial charge in [0.25, 0.3) is 0 Å². The van der Waals surface area contributed by atoms with Crippen molar-refractivity contribution in [2.45, 2.75) is 46.3 Å². The molecule has 0 amide bonds. The van der Waals surface area contributed by atoms with Crippen LogP contribution >= 0.6 is 0 Å². The minimum Gasteiger partial charge on any atom is -0.475 e. The van der Waals surface area contributed by atoms with Gasteiger partial charge >= 0.3 is 0 Å². The molecular weight excluding hydrogens is 240 g/mol. The molecule has 0 radical (unpaired) electrons. The standard InChI is InChI=1S/C14H26N4O/c1-10(2)12(15)6-7-18(5)13-8-14(17-9-16-13)19-11(3)4/h8-12H,6-7,15H2,1-5H3. The number of hydrogen-bond acceptors (Lipinski definition) is 5. The van der Waals surface area contributed by atoms with Crippen molar-refractivity contribution >= 4 is 5.82 Å². The van der Waals surface area contributed by atoms with Crippen molar-refractivity contribution in [2.24, 2.45) is 11.7 Å². The fourth-order valence-corrected chi connectivity index (χ4v) is 1.64. The van der Waals surface area contributed by atoms with Gasteiger partial charge in [-0.15, -0.1) is 0 Å². The van der Waals surface area contributed by atoms with Crippen molar-refractivity contribution < 1.29 is 4.74 Å². The maximum absolute atomic E-state index is 6.05. The van der Waals surface area contributed by atoms with Gasteiger partial charge in [-0.3, -0.25) is 0 Å². The summed E-state index contributed by atoms with van der Waals surface area (Å²) >= 11 is 0. The average molecular weight is 266 g/mol. The van der Waals surface area contributed by atoms with E-state index in [1.165, 1.54) is 6.33 Å². The zero-order valence-corrected chi connectivity index (χ0v) is 12.6. The Morgan fingerprint density at radius 2 is 1.95 bits per heavy atom. The van der Waals surface area contributed by atoms with Crippen LogP contribution in [0.2, 0.25) is 0 Å². The van der Waals surface area contributed by atoms with E-state index in [0.717, 1.165) is 18.8 Å². The van der Waals surface area contributed by atoms with Crippen molar-refractivity contribution in [1.29, 1.82) is 0 Å². The lowest BCUT2D eigenvalue weighted by molar-refractivity contribution is 0.232. The predicted octanol–water partition coefficient (Wildman–Crippen LogP) is 2.07. The second-order valence-electron chi connectivity index (χ2n) is 5.50. The molecular formula is C14H26N4O. The number of aromatic nitrogens is 2. The Kier molecular flexibility index (Phi) is 6.02.